The SMILES string of the molecule is CC(C)N(C(=O)[O-])C(C)C.CC(C)N(C(=O)[O-])C(C)C.CC(C)N(C(=O)[O-])C(C)C.CC(C)N(C(=O)[O-])C(C)C.[Ti+2].[Ti+2]. The minimum Gasteiger partial charge on any atom is -0.530 e. The van der Waals surface area contributed by atoms with Gasteiger partial charge in [0, 0.05) is 48.3 Å². The van der Waals surface area contributed by atoms with Crippen LogP contribution in [0.15, 0.2) is 0 Å². The molecule has 12 nitrogen and oxygen atoms in total. The molecule has 4 amide bonds. The molecule has 0 atom stereocenters. The maximum absolute atomic E-state index is 10.4. The Morgan fingerprint density at radius 2 is 0.381 bits per heavy atom. The second-order valence-corrected chi connectivity index (χ2v) is 11.4. The van der Waals surface area contributed by atoms with Gasteiger partial charge in [-0.25, -0.2) is 0 Å². The molecule has 0 aromatic heterocycles. The van der Waals surface area contributed by atoms with Crippen LogP contribution in [0.4, 0.5) is 19.2 Å². The van der Waals surface area contributed by atoms with Crippen LogP contribution in [-0.2, 0) is 43.4 Å². The van der Waals surface area contributed by atoms with Gasteiger partial charge in [0.25, 0.3) is 0 Å². The molecule has 0 saturated carbocycles. The number of hydrogen-bond donors (Lipinski definition) is 0. The minimum atomic E-state index is -1.09. The summed E-state index contributed by atoms with van der Waals surface area (Å²) in [5.74, 6) is 0. The molecule has 0 spiro atoms. The van der Waals surface area contributed by atoms with Gasteiger partial charge in [-0.15, -0.1) is 0 Å². The summed E-state index contributed by atoms with van der Waals surface area (Å²) < 4.78 is 0. The Balaban J connectivity index is -0.000000101. The molecule has 0 heterocycles. The van der Waals surface area contributed by atoms with Crippen molar-refractivity contribution in [3.8, 4) is 0 Å². The Labute approximate surface area is 284 Å². The van der Waals surface area contributed by atoms with E-state index in [1.54, 1.807) is 0 Å². The van der Waals surface area contributed by atoms with Crippen LogP contribution in [0.3, 0.4) is 0 Å². The van der Waals surface area contributed by atoms with Gasteiger partial charge < -0.3 is 59.2 Å². The summed E-state index contributed by atoms with van der Waals surface area (Å²) in [6.07, 6.45) is -4.37. The second-order valence-electron chi connectivity index (χ2n) is 11.4. The average molecular weight is 673 g/mol. The number of carbonyl (C=O) groups is 4. The minimum absolute atomic E-state index is 0. The molecule has 0 N–H and O–H groups in total. The number of carbonyl (C=O) groups excluding carboxylic acids is 4. The summed E-state index contributed by atoms with van der Waals surface area (Å²) in [5.41, 5.74) is 0. The van der Waals surface area contributed by atoms with E-state index in [4.69, 9.17) is 0 Å². The van der Waals surface area contributed by atoms with Gasteiger partial charge in [0.05, 0.1) is 0 Å². The van der Waals surface area contributed by atoms with Crippen LogP contribution < -0.4 is 20.4 Å². The van der Waals surface area contributed by atoms with Gasteiger partial charge >= 0.3 is 43.4 Å². The summed E-state index contributed by atoms with van der Waals surface area (Å²) in [5, 5.41) is 41.6. The number of carboxylic acid groups (broad SMARTS) is 4. The third-order valence-corrected chi connectivity index (χ3v) is 5.29. The van der Waals surface area contributed by atoms with E-state index in [0.29, 0.717) is 0 Å². The first-order valence-corrected chi connectivity index (χ1v) is 13.8. The Bertz CT molecular complexity index is 583. The molecule has 244 valence electrons. The van der Waals surface area contributed by atoms with Crippen LogP contribution in [0.5, 0.6) is 0 Å². The van der Waals surface area contributed by atoms with E-state index in [9.17, 15) is 39.6 Å². The van der Waals surface area contributed by atoms with Crippen molar-refractivity contribution in [3.05, 3.63) is 0 Å². The fourth-order valence-electron chi connectivity index (χ4n) is 4.07. The van der Waals surface area contributed by atoms with Gasteiger partial charge in [0.2, 0.25) is 0 Å². The molecule has 0 fully saturated rings. The summed E-state index contributed by atoms with van der Waals surface area (Å²) in [4.78, 5) is 46.8. The zero-order valence-electron chi connectivity index (χ0n) is 28.7. The molecule has 0 saturated heterocycles. The molecule has 0 bridgehead atoms. The Morgan fingerprint density at radius 1 is 0.310 bits per heavy atom. The van der Waals surface area contributed by atoms with E-state index in [1.165, 1.54) is 19.6 Å². The van der Waals surface area contributed by atoms with Gasteiger partial charge in [-0.05, 0) is 111 Å². The third-order valence-electron chi connectivity index (χ3n) is 5.29. The Morgan fingerprint density at radius 3 is 0.381 bits per heavy atom. The van der Waals surface area contributed by atoms with Crippen LogP contribution in [0.25, 0.3) is 0 Å². The first-order chi connectivity index (χ1) is 17.9. The zero-order valence-corrected chi connectivity index (χ0v) is 31.8. The van der Waals surface area contributed by atoms with Crippen LogP contribution in [0.2, 0.25) is 0 Å². The van der Waals surface area contributed by atoms with E-state index >= 15 is 0 Å². The first kappa shape index (κ1) is 53.1. The summed E-state index contributed by atoms with van der Waals surface area (Å²) >= 11 is 0. The number of hydrogen-bond acceptors (Lipinski definition) is 8. The zero-order chi connectivity index (χ0) is 33.2. The van der Waals surface area contributed by atoms with E-state index in [0.717, 1.165) is 0 Å². The van der Waals surface area contributed by atoms with Crippen LogP contribution in [-0.4, -0.2) is 92.3 Å². The standard InChI is InChI=1S/4C7H15NO2.2Ti/c4*1-5(2)8(6(3)4)7(9)10;;/h4*5-6H,1-4H3,(H,9,10);;/q;;;;2*+2/p-4. The van der Waals surface area contributed by atoms with Gasteiger partial charge in [0.15, 0.2) is 0 Å². The van der Waals surface area contributed by atoms with Crippen molar-refractivity contribution in [3.63, 3.8) is 0 Å². The van der Waals surface area contributed by atoms with Gasteiger partial charge in [-0.3, -0.25) is 0 Å². The summed E-state index contributed by atoms with van der Waals surface area (Å²) in [6.45, 7) is 29.3. The third kappa shape index (κ3) is 25.0. The van der Waals surface area contributed by atoms with E-state index in [-0.39, 0.29) is 91.8 Å². The van der Waals surface area contributed by atoms with E-state index < -0.39 is 24.4 Å². The maximum atomic E-state index is 10.4. The van der Waals surface area contributed by atoms with Crippen LogP contribution in [0, 0.1) is 0 Å². The molecule has 0 aliphatic heterocycles. The molecule has 0 radical (unpaired) electrons. The predicted octanol–water partition coefficient (Wildman–Crippen LogP) is 1.79. The second kappa shape index (κ2) is 27.1. The van der Waals surface area contributed by atoms with E-state index in [2.05, 4.69) is 0 Å². The molecular weight excluding hydrogens is 616 g/mol. The smallest absolute Gasteiger partial charge is 0.530 e. The van der Waals surface area contributed by atoms with Crippen molar-refractivity contribution in [1.82, 2.24) is 19.6 Å². The van der Waals surface area contributed by atoms with Crippen molar-refractivity contribution in [2.45, 2.75) is 159 Å². The van der Waals surface area contributed by atoms with Crippen molar-refractivity contribution < 1.29 is 83.0 Å². The Kier molecular flexibility index (Phi) is 34.2. The molecule has 42 heavy (non-hydrogen) atoms. The van der Waals surface area contributed by atoms with E-state index in [1.807, 2.05) is 111 Å². The number of amides is 4. The first-order valence-electron chi connectivity index (χ1n) is 13.8. The van der Waals surface area contributed by atoms with Crippen molar-refractivity contribution >= 4 is 24.4 Å². The van der Waals surface area contributed by atoms with Crippen molar-refractivity contribution in [2.24, 2.45) is 0 Å². The molecule has 14 heteroatoms. The molecule has 0 aromatic carbocycles. The monoisotopic (exact) mass is 672 g/mol. The van der Waals surface area contributed by atoms with Crippen molar-refractivity contribution in [2.75, 3.05) is 0 Å². The average Bonchev–Trinajstić information content (AvgIpc) is 2.64. The van der Waals surface area contributed by atoms with Gasteiger partial charge in [-0.1, -0.05) is 0 Å². The number of rotatable bonds is 8. The number of nitrogens with zero attached hydrogens (tertiary/aromatic N) is 4. The van der Waals surface area contributed by atoms with Crippen LogP contribution >= 0.6 is 0 Å². The fraction of sp³-hybridized carbons (Fsp3) is 0.857. The van der Waals surface area contributed by atoms with Gasteiger partial charge in [0.1, 0.15) is 24.4 Å². The summed E-state index contributed by atoms with van der Waals surface area (Å²) in [7, 11) is 0. The molecule has 0 aromatic rings. The maximum Gasteiger partial charge on any atom is 2.00 e. The largest absolute Gasteiger partial charge is 2.00 e. The molecule has 0 unspecified atom stereocenters. The quantitative estimate of drug-likeness (QED) is 0.351. The molecule has 0 rings (SSSR count). The van der Waals surface area contributed by atoms with Crippen molar-refractivity contribution in [1.29, 1.82) is 0 Å². The predicted molar refractivity (Wildman–Crippen MR) is 150 cm³/mol. The van der Waals surface area contributed by atoms with Gasteiger partial charge in [-0.2, -0.15) is 0 Å². The molecule has 0 aliphatic rings. The van der Waals surface area contributed by atoms with Crippen LogP contribution in [0.1, 0.15) is 111 Å². The fourth-order valence-corrected chi connectivity index (χ4v) is 4.07. The topological polar surface area (TPSA) is 173 Å². The molecular formula is C28H56N4O8Ti2. The molecule has 0 aliphatic carbocycles. The normalized spacial score (nSPS) is 10.1. The summed E-state index contributed by atoms with van der Waals surface area (Å²) in [6, 6.07) is 0.0370. The Hall–Kier alpha value is -1.49.